The Hall–Kier alpha value is -2.39. The Bertz CT molecular complexity index is 1040. The first-order chi connectivity index (χ1) is 13.1. The molecule has 0 radical (unpaired) electrons. The molecule has 0 amide bonds. The molecule has 2 aliphatic heterocycles. The number of ether oxygens (including phenoxy) is 1. The Kier molecular flexibility index (Phi) is 3.76. The quantitative estimate of drug-likeness (QED) is 0.634. The summed E-state index contributed by atoms with van der Waals surface area (Å²) in [6, 6.07) is 15.3. The van der Waals surface area contributed by atoms with Crippen LogP contribution in [0.5, 0.6) is 0 Å². The summed E-state index contributed by atoms with van der Waals surface area (Å²) in [5.41, 5.74) is 8.99. The highest BCUT2D eigenvalue weighted by molar-refractivity contribution is 5.86. The van der Waals surface area contributed by atoms with Gasteiger partial charge in [0.1, 0.15) is 0 Å². The van der Waals surface area contributed by atoms with Crippen molar-refractivity contribution in [3.8, 4) is 0 Å². The van der Waals surface area contributed by atoms with Crippen LogP contribution in [0.15, 0.2) is 42.5 Å². The molecule has 0 aliphatic carbocycles. The zero-order chi connectivity index (χ0) is 18.6. The molecule has 3 aromatic rings. The summed E-state index contributed by atoms with van der Waals surface area (Å²) in [5.74, 6) is 0. The van der Waals surface area contributed by atoms with Crippen LogP contribution in [0.1, 0.15) is 46.9 Å². The van der Waals surface area contributed by atoms with E-state index in [9.17, 15) is 0 Å². The fourth-order valence-electron chi connectivity index (χ4n) is 5.05. The van der Waals surface area contributed by atoms with Crippen molar-refractivity contribution in [2.75, 3.05) is 18.5 Å². The van der Waals surface area contributed by atoms with E-state index in [0.29, 0.717) is 0 Å². The van der Waals surface area contributed by atoms with Gasteiger partial charge in [0, 0.05) is 35.3 Å². The number of para-hydroxylation sites is 2. The zero-order valence-corrected chi connectivity index (χ0v) is 16.3. The van der Waals surface area contributed by atoms with Gasteiger partial charge in [-0.3, -0.25) is 4.98 Å². The normalized spacial score (nSPS) is 24.2. The molecule has 3 heteroatoms. The number of aromatic nitrogens is 1. The van der Waals surface area contributed by atoms with Crippen LogP contribution in [0.25, 0.3) is 10.9 Å². The number of benzene rings is 2. The number of anilines is 1. The van der Waals surface area contributed by atoms with Gasteiger partial charge in [-0.1, -0.05) is 36.4 Å². The number of nitrogens with zero attached hydrogens (tertiary/aromatic N) is 1. The van der Waals surface area contributed by atoms with Crippen molar-refractivity contribution < 1.29 is 4.74 Å². The smallest absolute Gasteiger partial charge is 0.0843 e. The molecule has 1 N–H and O–H groups in total. The van der Waals surface area contributed by atoms with E-state index in [4.69, 9.17) is 9.72 Å². The second-order valence-electron chi connectivity index (χ2n) is 8.20. The molecule has 3 heterocycles. The molecule has 1 saturated heterocycles. The molecule has 27 heavy (non-hydrogen) atoms. The monoisotopic (exact) mass is 358 g/mol. The first-order valence-electron chi connectivity index (χ1n) is 9.90. The largest absolute Gasteiger partial charge is 0.384 e. The van der Waals surface area contributed by atoms with Crippen molar-refractivity contribution >= 4 is 16.6 Å². The Morgan fingerprint density at radius 1 is 1.07 bits per heavy atom. The second-order valence-corrected chi connectivity index (χ2v) is 8.20. The number of pyridine rings is 1. The molecule has 1 aromatic heterocycles. The Balaban J connectivity index is 1.64. The predicted octanol–water partition coefficient (Wildman–Crippen LogP) is 5.38. The van der Waals surface area contributed by atoms with Crippen LogP contribution < -0.4 is 5.32 Å². The fourth-order valence-corrected chi connectivity index (χ4v) is 5.05. The molecule has 0 bridgehead atoms. The van der Waals surface area contributed by atoms with Crippen molar-refractivity contribution in [1.82, 2.24) is 4.98 Å². The maximum absolute atomic E-state index is 6.39. The van der Waals surface area contributed by atoms with E-state index in [1.165, 1.54) is 33.3 Å². The number of hydrogen-bond acceptors (Lipinski definition) is 3. The second kappa shape index (κ2) is 6.07. The SMILES string of the molecule is Cc1nc2c(C)cccc2c(C2CC3(CCO2)CNc2ccccc23)c1C. The van der Waals surface area contributed by atoms with E-state index in [0.717, 1.165) is 37.2 Å². The average Bonchev–Trinajstić information content (AvgIpc) is 3.02. The first-order valence-corrected chi connectivity index (χ1v) is 9.90. The molecule has 1 fully saturated rings. The maximum atomic E-state index is 6.39. The van der Waals surface area contributed by atoms with Gasteiger partial charge in [-0.25, -0.2) is 0 Å². The predicted molar refractivity (Wildman–Crippen MR) is 110 cm³/mol. The van der Waals surface area contributed by atoms with Crippen LogP contribution >= 0.6 is 0 Å². The van der Waals surface area contributed by atoms with Crippen LogP contribution in [0, 0.1) is 20.8 Å². The summed E-state index contributed by atoms with van der Waals surface area (Å²) in [6.07, 6.45) is 2.20. The maximum Gasteiger partial charge on any atom is 0.0843 e. The van der Waals surface area contributed by atoms with Gasteiger partial charge in [0.2, 0.25) is 0 Å². The van der Waals surface area contributed by atoms with E-state index in [1.54, 1.807) is 0 Å². The lowest BCUT2D eigenvalue weighted by atomic mass is 9.72. The highest BCUT2D eigenvalue weighted by Gasteiger charge is 2.44. The Labute approximate surface area is 160 Å². The fraction of sp³-hybridized carbons (Fsp3) is 0.375. The first kappa shape index (κ1) is 16.8. The summed E-state index contributed by atoms with van der Waals surface area (Å²) in [5, 5.41) is 4.89. The summed E-state index contributed by atoms with van der Waals surface area (Å²) >= 11 is 0. The molecule has 138 valence electrons. The number of aryl methyl sites for hydroxylation is 2. The van der Waals surface area contributed by atoms with Gasteiger partial charge in [0.05, 0.1) is 11.6 Å². The van der Waals surface area contributed by atoms with Gasteiger partial charge in [-0.2, -0.15) is 0 Å². The van der Waals surface area contributed by atoms with Crippen LogP contribution in [0.3, 0.4) is 0 Å². The third kappa shape index (κ3) is 2.49. The van der Waals surface area contributed by atoms with E-state index in [-0.39, 0.29) is 11.5 Å². The van der Waals surface area contributed by atoms with Gasteiger partial charge in [0.15, 0.2) is 0 Å². The molecule has 1 spiro atoms. The van der Waals surface area contributed by atoms with Gasteiger partial charge in [-0.15, -0.1) is 0 Å². The van der Waals surface area contributed by atoms with Gasteiger partial charge < -0.3 is 10.1 Å². The third-order valence-corrected chi connectivity index (χ3v) is 6.67. The van der Waals surface area contributed by atoms with Crippen molar-refractivity contribution in [3.05, 3.63) is 70.4 Å². The molecule has 2 atom stereocenters. The van der Waals surface area contributed by atoms with Crippen LogP contribution in [0.4, 0.5) is 5.69 Å². The summed E-state index contributed by atoms with van der Waals surface area (Å²) in [7, 11) is 0. The molecule has 2 aliphatic rings. The van der Waals surface area contributed by atoms with E-state index < -0.39 is 0 Å². The summed E-state index contributed by atoms with van der Waals surface area (Å²) in [4.78, 5) is 4.89. The van der Waals surface area contributed by atoms with Crippen molar-refractivity contribution in [2.45, 2.75) is 45.1 Å². The molecule has 3 nitrogen and oxygen atoms in total. The lowest BCUT2D eigenvalue weighted by Gasteiger charge is -2.39. The summed E-state index contributed by atoms with van der Waals surface area (Å²) < 4.78 is 6.39. The van der Waals surface area contributed by atoms with E-state index in [1.807, 2.05) is 0 Å². The number of hydrogen-bond donors (Lipinski definition) is 1. The molecule has 0 saturated carbocycles. The van der Waals surface area contributed by atoms with Crippen molar-refractivity contribution in [1.29, 1.82) is 0 Å². The zero-order valence-electron chi connectivity index (χ0n) is 16.3. The number of rotatable bonds is 1. The Morgan fingerprint density at radius 3 is 2.81 bits per heavy atom. The van der Waals surface area contributed by atoms with E-state index >= 15 is 0 Å². The lowest BCUT2D eigenvalue weighted by Crippen LogP contribution is -2.37. The third-order valence-electron chi connectivity index (χ3n) is 6.67. The average molecular weight is 358 g/mol. The molecular weight excluding hydrogens is 332 g/mol. The Morgan fingerprint density at radius 2 is 1.93 bits per heavy atom. The number of nitrogens with one attached hydrogen (secondary N) is 1. The van der Waals surface area contributed by atoms with Gasteiger partial charge >= 0.3 is 0 Å². The van der Waals surface area contributed by atoms with Crippen molar-refractivity contribution in [3.63, 3.8) is 0 Å². The highest BCUT2D eigenvalue weighted by Crippen LogP contribution is 2.49. The molecule has 2 aromatic carbocycles. The number of fused-ring (bicyclic) bond motifs is 3. The molecule has 5 rings (SSSR count). The molecular formula is C24H26N2O. The van der Waals surface area contributed by atoms with Crippen LogP contribution in [-0.4, -0.2) is 18.1 Å². The molecule has 2 unspecified atom stereocenters. The standard InChI is InChI=1S/C24H26N2O/c1-15-7-6-8-18-22(16(2)17(3)26-23(15)18)21-13-24(11-12-27-21)14-25-20-10-5-4-9-19(20)24/h4-10,21,25H,11-14H2,1-3H3. The lowest BCUT2D eigenvalue weighted by molar-refractivity contribution is -0.0176. The van der Waals surface area contributed by atoms with E-state index in [2.05, 4.69) is 68.6 Å². The minimum absolute atomic E-state index is 0.109. The van der Waals surface area contributed by atoms with Gasteiger partial charge in [0.25, 0.3) is 0 Å². The minimum Gasteiger partial charge on any atom is -0.384 e. The van der Waals surface area contributed by atoms with Gasteiger partial charge in [-0.05, 0) is 61.9 Å². The van der Waals surface area contributed by atoms with Crippen molar-refractivity contribution in [2.24, 2.45) is 0 Å². The van der Waals surface area contributed by atoms with Crippen LogP contribution in [0.2, 0.25) is 0 Å². The minimum atomic E-state index is 0.109. The highest BCUT2D eigenvalue weighted by atomic mass is 16.5. The van der Waals surface area contributed by atoms with Crippen LogP contribution in [-0.2, 0) is 10.2 Å². The topological polar surface area (TPSA) is 34.1 Å². The summed E-state index contributed by atoms with van der Waals surface area (Å²) in [6.45, 7) is 8.27.